The van der Waals surface area contributed by atoms with Gasteiger partial charge < -0.3 is 11.1 Å². The molecule has 0 aliphatic heterocycles. The summed E-state index contributed by atoms with van der Waals surface area (Å²) >= 11 is 0. The SMILES string of the molecule is Nc1ccc(NC=O)cc1[N+](=O)[O-]. The van der Waals surface area contributed by atoms with Gasteiger partial charge in [-0.15, -0.1) is 0 Å². The van der Waals surface area contributed by atoms with Crippen molar-refractivity contribution in [2.24, 2.45) is 0 Å². The van der Waals surface area contributed by atoms with Crippen LogP contribution in [0.15, 0.2) is 18.2 Å². The predicted octanol–water partition coefficient (Wildman–Crippen LogP) is 0.745. The van der Waals surface area contributed by atoms with Gasteiger partial charge in [-0.2, -0.15) is 0 Å². The average molecular weight is 181 g/mol. The molecule has 1 rings (SSSR count). The van der Waals surface area contributed by atoms with Crippen LogP contribution in [0.3, 0.4) is 0 Å². The molecule has 0 saturated carbocycles. The lowest BCUT2D eigenvalue weighted by Gasteiger charge is -2.00. The lowest BCUT2D eigenvalue weighted by molar-refractivity contribution is -0.383. The number of nitrogens with two attached hydrogens (primary N) is 1. The summed E-state index contributed by atoms with van der Waals surface area (Å²) in [5.41, 5.74) is 5.53. The predicted molar refractivity (Wildman–Crippen MR) is 47.2 cm³/mol. The fourth-order valence-corrected chi connectivity index (χ4v) is 0.860. The number of nitro benzene ring substituents is 1. The number of rotatable bonds is 3. The van der Waals surface area contributed by atoms with Crippen LogP contribution in [0.4, 0.5) is 17.1 Å². The molecule has 0 radical (unpaired) electrons. The van der Waals surface area contributed by atoms with Gasteiger partial charge in [0.25, 0.3) is 5.69 Å². The first-order chi connectivity index (χ1) is 6.15. The Morgan fingerprint density at radius 2 is 2.23 bits per heavy atom. The van der Waals surface area contributed by atoms with Crippen molar-refractivity contribution in [3.05, 3.63) is 28.3 Å². The Hall–Kier alpha value is -2.11. The van der Waals surface area contributed by atoms with E-state index in [-0.39, 0.29) is 11.4 Å². The molecular weight excluding hydrogens is 174 g/mol. The molecule has 1 aromatic rings. The van der Waals surface area contributed by atoms with Crippen LogP contribution in [0.25, 0.3) is 0 Å². The van der Waals surface area contributed by atoms with E-state index in [1.165, 1.54) is 18.2 Å². The van der Waals surface area contributed by atoms with Crippen LogP contribution in [0.1, 0.15) is 0 Å². The van der Waals surface area contributed by atoms with Gasteiger partial charge in [-0.3, -0.25) is 14.9 Å². The van der Waals surface area contributed by atoms with Crippen LogP contribution >= 0.6 is 0 Å². The van der Waals surface area contributed by atoms with Gasteiger partial charge in [-0.1, -0.05) is 0 Å². The second kappa shape index (κ2) is 3.53. The Bertz CT molecular complexity index is 351. The monoisotopic (exact) mass is 181 g/mol. The molecular formula is C7H7N3O3. The molecule has 6 heteroatoms. The minimum Gasteiger partial charge on any atom is -0.393 e. The molecule has 3 N–H and O–H groups in total. The second-order valence-electron chi connectivity index (χ2n) is 2.29. The maximum Gasteiger partial charge on any atom is 0.294 e. The highest BCUT2D eigenvalue weighted by Gasteiger charge is 2.11. The Morgan fingerprint density at radius 3 is 2.77 bits per heavy atom. The number of amides is 1. The van der Waals surface area contributed by atoms with Gasteiger partial charge >= 0.3 is 0 Å². The van der Waals surface area contributed by atoms with Gasteiger partial charge in [-0.05, 0) is 12.1 Å². The molecule has 0 bridgehead atoms. The summed E-state index contributed by atoms with van der Waals surface area (Å²) in [5.74, 6) is 0. The summed E-state index contributed by atoms with van der Waals surface area (Å²) in [4.78, 5) is 19.8. The number of carbonyl (C=O) groups is 1. The molecule has 0 aliphatic rings. The van der Waals surface area contributed by atoms with E-state index in [9.17, 15) is 14.9 Å². The first-order valence-electron chi connectivity index (χ1n) is 3.39. The van der Waals surface area contributed by atoms with E-state index >= 15 is 0 Å². The lowest BCUT2D eigenvalue weighted by Crippen LogP contribution is -1.98. The standard InChI is InChI=1S/C7H7N3O3/c8-6-2-1-5(9-4-11)3-7(6)10(12)13/h1-4H,8H2,(H,9,11). The Kier molecular flexibility index (Phi) is 2.44. The molecule has 0 aliphatic carbocycles. The summed E-state index contributed by atoms with van der Waals surface area (Å²) in [6.45, 7) is 0. The number of nitro groups is 1. The first-order valence-corrected chi connectivity index (χ1v) is 3.39. The molecule has 0 saturated heterocycles. The highest BCUT2D eigenvalue weighted by Crippen LogP contribution is 2.24. The van der Waals surface area contributed by atoms with Crippen LogP contribution in [0.5, 0.6) is 0 Å². The summed E-state index contributed by atoms with van der Waals surface area (Å²) in [5, 5.41) is 12.7. The van der Waals surface area contributed by atoms with Crippen molar-refractivity contribution in [2.45, 2.75) is 0 Å². The van der Waals surface area contributed by atoms with Crippen LogP contribution in [0.2, 0.25) is 0 Å². The molecule has 0 heterocycles. The van der Waals surface area contributed by atoms with Crippen LogP contribution in [0, 0.1) is 10.1 Å². The van der Waals surface area contributed by atoms with Gasteiger partial charge in [0.2, 0.25) is 6.41 Å². The number of nitrogen functional groups attached to an aromatic ring is 1. The molecule has 6 nitrogen and oxygen atoms in total. The Labute approximate surface area is 73.5 Å². The summed E-state index contributed by atoms with van der Waals surface area (Å²) in [6, 6.07) is 4.05. The van der Waals surface area contributed by atoms with Crippen LogP contribution in [-0.4, -0.2) is 11.3 Å². The Morgan fingerprint density at radius 1 is 1.54 bits per heavy atom. The minimum atomic E-state index is -0.606. The maximum atomic E-state index is 10.4. The number of nitrogens with zero attached hydrogens (tertiary/aromatic N) is 1. The van der Waals surface area contributed by atoms with E-state index < -0.39 is 4.92 Å². The molecule has 0 atom stereocenters. The summed E-state index contributed by atoms with van der Waals surface area (Å²) in [7, 11) is 0. The second-order valence-corrected chi connectivity index (χ2v) is 2.29. The molecule has 0 unspecified atom stereocenters. The van der Waals surface area contributed by atoms with Crippen LogP contribution in [-0.2, 0) is 4.79 Å². The van der Waals surface area contributed by atoms with Gasteiger partial charge in [0, 0.05) is 11.8 Å². The number of hydrogen-bond donors (Lipinski definition) is 2. The van der Waals surface area contributed by atoms with Crippen LogP contribution < -0.4 is 11.1 Å². The third kappa shape index (κ3) is 1.92. The van der Waals surface area contributed by atoms with Crippen molar-refractivity contribution in [1.82, 2.24) is 0 Å². The molecule has 0 fully saturated rings. The number of carbonyl (C=O) groups excluding carboxylic acids is 1. The molecule has 13 heavy (non-hydrogen) atoms. The summed E-state index contributed by atoms with van der Waals surface area (Å²) < 4.78 is 0. The lowest BCUT2D eigenvalue weighted by atomic mass is 10.2. The van der Waals surface area contributed by atoms with Crippen molar-refractivity contribution in [2.75, 3.05) is 11.1 Å². The highest BCUT2D eigenvalue weighted by atomic mass is 16.6. The highest BCUT2D eigenvalue weighted by molar-refractivity contribution is 5.75. The van der Waals surface area contributed by atoms with Gasteiger partial charge in [-0.25, -0.2) is 0 Å². The van der Waals surface area contributed by atoms with Gasteiger partial charge in [0.05, 0.1) is 4.92 Å². The van der Waals surface area contributed by atoms with E-state index in [1.807, 2.05) is 0 Å². The third-order valence-corrected chi connectivity index (χ3v) is 1.45. The molecule has 0 spiro atoms. The maximum absolute atomic E-state index is 10.4. The van der Waals surface area contributed by atoms with E-state index in [2.05, 4.69) is 5.32 Å². The average Bonchev–Trinajstić information content (AvgIpc) is 2.08. The smallest absolute Gasteiger partial charge is 0.294 e. The van der Waals surface area contributed by atoms with Gasteiger partial charge in [0.1, 0.15) is 5.69 Å². The van der Waals surface area contributed by atoms with E-state index in [4.69, 9.17) is 5.73 Å². The van der Waals surface area contributed by atoms with Crippen molar-refractivity contribution in [3.8, 4) is 0 Å². The van der Waals surface area contributed by atoms with E-state index in [0.29, 0.717) is 12.1 Å². The largest absolute Gasteiger partial charge is 0.393 e. The number of nitrogens with one attached hydrogen (secondary N) is 1. The molecule has 1 aromatic carbocycles. The van der Waals surface area contributed by atoms with Crippen molar-refractivity contribution < 1.29 is 9.72 Å². The normalized spacial score (nSPS) is 9.23. The first kappa shape index (κ1) is 8.98. The zero-order valence-corrected chi connectivity index (χ0v) is 6.56. The number of benzene rings is 1. The topological polar surface area (TPSA) is 98.3 Å². The van der Waals surface area contributed by atoms with Crippen molar-refractivity contribution >= 4 is 23.5 Å². The minimum absolute atomic E-state index is 0.0708. The third-order valence-electron chi connectivity index (χ3n) is 1.45. The van der Waals surface area contributed by atoms with E-state index in [0.717, 1.165) is 0 Å². The van der Waals surface area contributed by atoms with Crippen molar-refractivity contribution in [1.29, 1.82) is 0 Å². The number of hydrogen-bond acceptors (Lipinski definition) is 4. The van der Waals surface area contributed by atoms with Gasteiger partial charge in [0.15, 0.2) is 0 Å². The van der Waals surface area contributed by atoms with Crippen molar-refractivity contribution in [3.63, 3.8) is 0 Å². The number of anilines is 2. The summed E-state index contributed by atoms with van der Waals surface area (Å²) in [6.07, 6.45) is 0.440. The fraction of sp³-hybridized carbons (Fsp3) is 0. The van der Waals surface area contributed by atoms with E-state index in [1.54, 1.807) is 0 Å². The molecule has 0 aromatic heterocycles. The molecule has 68 valence electrons. The molecule has 1 amide bonds. The zero-order valence-electron chi connectivity index (χ0n) is 6.56. The zero-order chi connectivity index (χ0) is 9.84. The Balaban J connectivity index is 3.10. The fourth-order valence-electron chi connectivity index (χ4n) is 0.860. The quantitative estimate of drug-likeness (QED) is 0.311.